The number of hydrogen-bond acceptors (Lipinski definition) is 3. The van der Waals surface area contributed by atoms with Crippen LogP contribution in [0.4, 0.5) is 4.79 Å². The van der Waals surface area contributed by atoms with Crippen molar-refractivity contribution in [2.45, 2.75) is 63.0 Å². The third-order valence-corrected chi connectivity index (χ3v) is 4.73. The number of carbonyl (C=O) groups excluding carboxylic acids is 1. The molecule has 0 unspecified atom stereocenters. The Morgan fingerprint density at radius 2 is 1.86 bits per heavy atom. The van der Waals surface area contributed by atoms with Gasteiger partial charge in [-0.3, -0.25) is 4.79 Å². The van der Waals surface area contributed by atoms with E-state index in [4.69, 9.17) is 9.84 Å². The van der Waals surface area contributed by atoms with Crippen LogP contribution in [0.5, 0.6) is 0 Å². The lowest BCUT2D eigenvalue weighted by atomic mass is 9.79. The van der Waals surface area contributed by atoms with Crippen molar-refractivity contribution in [3.8, 4) is 0 Å². The van der Waals surface area contributed by atoms with Gasteiger partial charge in [-0.1, -0.05) is 19.3 Å². The van der Waals surface area contributed by atoms with Gasteiger partial charge in [0.2, 0.25) is 0 Å². The zero-order chi connectivity index (χ0) is 15.3. The predicted molar refractivity (Wildman–Crippen MR) is 78.2 cm³/mol. The highest BCUT2D eigenvalue weighted by Gasteiger charge is 2.37. The molecule has 6 nitrogen and oxygen atoms in total. The standard InChI is InChI=1S/C15H26N2O4/c1-21-12-5-9-17(10-6-12)14(20)16-15(11-13(18)19)7-3-2-4-8-15/h12H,2-11H2,1H3,(H,16,20)(H,18,19). The summed E-state index contributed by atoms with van der Waals surface area (Å²) in [6, 6.07) is -0.118. The van der Waals surface area contributed by atoms with Gasteiger partial charge in [-0.05, 0) is 25.7 Å². The Labute approximate surface area is 125 Å². The average Bonchev–Trinajstić information content (AvgIpc) is 2.47. The lowest BCUT2D eigenvalue weighted by Gasteiger charge is -2.40. The highest BCUT2D eigenvalue weighted by molar-refractivity contribution is 5.77. The molecule has 21 heavy (non-hydrogen) atoms. The third kappa shape index (κ3) is 4.33. The van der Waals surface area contributed by atoms with Gasteiger partial charge in [0.25, 0.3) is 0 Å². The van der Waals surface area contributed by atoms with Crippen molar-refractivity contribution in [2.24, 2.45) is 0 Å². The molecule has 0 spiro atoms. The summed E-state index contributed by atoms with van der Waals surface area (Å²) in [4.78, 5) is 25.3. The summed E-state index contributed by atoms with van der Waals surface area (Å²) in [5.74, 6) is -0.838. The number of amides is 2. The number of carboxylic acids is 1. The van der Waals surface area contributed by atoms with Crippen molar-refractivity contribution in [3.05, 3.63) is 0 Å². The van der Waals surface area contributed by atoms with E-state index in [-0.39, 0.29) is 18.6 Å². The maximum atomic E-state index is 12.4. The summed E-state index contributed by atoms with van der Waals surface area (Å²) in [6.45, 7) is 1.35. The highest BCUT2D eigenvalue weighted by Crippen LogP contribution is 2.31. The van der Waals surface area contributed by atoms with Gasteiger partial charge in [-0.2, -0.15) is 0 Å². The van der Waals surface area contributed by atoms with E-state index in [1.54, 1.807) is 12.0 Å². The Morgan fingerprint density at radius 1 is 1.24 bits per heavy atom. The number of piperidine rings is 1. The number of nitrogens with one attached hydrogen (secondary N) is 1. The van der Waals surface area contributed by atoms with E-state index < -0.39 is 11.5 Å². The number of carboxylic acid groups (broad SMARTS) is 1. The number of aliphatic carboxylic acids is 1. The molecule has 1 aliphatic carbocycles. The molecule has 1 saturated heterocycles. The van der Waals surface area contributed by atoms with E-state index >= 15 is 0 Å². The molecule has 0 radical (unpaired) electrons. The van der Waals surface area contributed by atoms with Crippen LogP contribution in [-0.2, 0) is 9.53 Å². The smallest absolute Gasteiger partial charge is 0.317 e. The molecule has 1 aliphatic heterocycles. The first-order valence-electron chi connectivity index (χ1n) is 7.86. The van der Waals surface area contributed by atoms with Crippen LogP contribution >= 0.6 is 0 Å². The van der Waals surface area contributed by atoms with Crippen LogP contribution in [0, 0.1) is 0 Å². The van der Waals surface area contributed by atoms with Crippen molar-refractivity contribution in [3.63, 3.8) is 0 Å². The van der Waals surface area contributed by atoms with E-state index in [0.29, 0.717) is 13.1 Å². The number of ether oxygens (including phenoxy) is 1. The lowest BCUT2D eigenvalue weighted by molar-refractivity contribution is -0.139. The minimum absolute atomic E-state index is 0.0211. The molecule has 6 heteroatoms. The molecule has 2 fully saturated rings. The van der Waals surface area contributed by atoms with Crippen LogP contribution in [0.2, 0.25) is 0 Å². The van der Waals surface area contributed by atoms with Crippen molar-refractivity contribution in [1.82, 2.24) is 10.2 Å². The maximum Gasteiger partial charge on any atom is 0.317 e. The van der Waals surface area contributed by atoms with E-state index in [1.165, 1.54) is 0 Å². The van der Waals surface area contributed by atoms with Gasteiger partial charge < -0.3 is 20.1 Å². The van der Waals surface area contributed by atoms with Crippen LogP contribution < -0.4 is 5.32 Å². The molecule has 0 bridgehead atoms. The number of urea groups is 1. The molecular weight excluding hydrogens is 272 g/mol. The maximum absolute atomic E-state index is 12.4. The second kappa shape index (κ2) is 7.11. The van der Waals surface area contributed by atoms with Gasteiger partial charge in [0, 0.05) is 20.2 Å². The van der Waals surface area contributed by atoms with Gasteiger partial charge in [0.1, 0.15) is 0 Å². The van der Waals surface area contributed by atoms with Gasteiger partial charge in [-0.15, -0.1) is 0 Å². The van der Waals surface area contributed by atoms with Crippen molar-refractivity contribution >= 4 is 12.0 Å². The fourth-order valence-corrected chi connectivity index (χ4v) is 3.46. The second-order valence-electron chi connectivity index (χ2n) is 6.26. The lowest BCUT2D eigenvalue weighted by Crippen LogP contribution is -2.56. The SMILES string of the molecule is COC1CCN(C(=O)NC2(CC(=O)O)CCCCC2)CC1. The highest BCUT2D eigenvalue weighted by atomic mass is 16.5. The molecule has 2 N–H and O–H groups in total. The molecule has 2 aliphatic rings. The fraction of sp³-hybridized carbons (Fsp3) is 0.867. The van der Waals surface area contributed by atoms with Crippen LogP contribution in [0.25, 0.3) is 0 Å². The van der Waals surface area contributed by atoms with Crippen LogP contribution in [0.15, 0.2) is 0 Å². The number of carbonyl (C=O) groups is 2. The minimum Gasteiger partial charge on any atom is -0.481 e. The zero-order valence-corrected chi connectivity index (χ0v) is 12.8. The number of hydrogen-bond donors (Lipinski definition) is 2. The molecule has 1 heterocycles. The summed E-state index contributed by atoms with van der Waals surface area (Å²) >= 11 is 0. The first kappa shape index (κ1) is 16.1. The van der Waals surface area contributed by atoms with Crippen molar-refractivity contribution in [1.29, 1.82) is 0 Å². The van der Waals surface area contributed by atoms with E-state index in [0.717, 1.165) is 44.9 Å². The second-order valence-corrected chi connectivity index (χ2v) is 6.26. The Bertz CT molecular complexity index is 372. The first-order valence-corrected chi connectivity index (χ1v) is 7.86. The number of likely N-dealkylation sites (tertiary alicyclic amines) is 1. The Kier molecular flexibility index (Phi) is 5.45. The number of nitrogens with zero attached hydrogens (tertiary/aromatic N) is 1. The molecule has 0 aromatic rings. The number of rotatable bonds is 4. The third-order valence-electron chi connectivity index (χ3n) is 4.73. The normalized spacial score (nSPS) is 22.8. The average molecular weight is 298 g/mol. The number of methoxy groups -OCH3 is 1. The monoisotopic (exact) mass is 298 g/mol. The fourth-order valence-electron chi connectivity index (χ4n) is 3.46. The van der Waals surface area contributed by atoms with Crippen molar-refractivity contribution < 1.29 is 19.4 Å². The Morgan fingerprint density at radius 3 is 2.38 bits per heavy atom. The minimum atomic E-state index is -0.838. The Balaban J connectivity index is 1.93. The molecule has 120 valence electrons. The molecule has 2 rings (SSSR count). The summed E-state index contributed by atoms with van der Waals surface area (Å²) in [6.07, 6.45) is 6.56. The Hall–Kier alpha value is -1.30. The van der Waals surface area contributed by atoms with Gasteiger partial charge in [-0.25, -0.2) is 4.79 Å². The molecule has 0 atom stereocenters. The summed E-state index contributed by atoms with van der Waals surface area (Å²) < 4.78 is 5.31. The molecule has 2 amide bonds. The van der Waals surface area contributed by atoms with Gasteiger partial charge >= 0.3 is 12.0 Å². The first-order chi connectivity index (χ1) is 10.0. The van der Waals surface area contributed by atoms with Crippen LogP contribution in [0.3, 0.4) is 0 Å². The largest absolute Gasteiger partial charge is 0.481 e. The zero-order valence-electron chi connectivity index (χ0n) is 12.8. The van der Waals surface area contributed by atoms with E-state index in [1.807, 2.05) is 0 Å². The topological polar surface area (TPSA) is 78.9 Å². The van der Waals surface area contributed by atoms with E-state index in [9.17, 15) is 9.59 Å². The molecule has 1 saturated carbocycles. The van der Waals surface area contributed by atoms with Crippen molar-refractivity contribution in [2.75, 3.05) is 20.2 Å². The quantitative estimate of drug-likeness (QED) is 0.832. The molecular formula is C15H26N2O4. The van der Waals surface area contributed by atoms with Crippen LogP contribution in [0.1, 0.15) is 51.4 Å². The van der Waals surface area contributed by atoms with Crippen LogP contribution in [-0.4, -0.2) is 53.8 Å². The summed E-state index contributed by atoms with van der Waals surface area (Å²) in [7, 11) is 1.70. The van der Waals surface area contributed by atoms with Gasteiger partial charge in [0.05, 0.1) is 18.1 Å². The molecule has 0 aromatic carbocycles. The van der Waals surface area contributed by atoms with Gasteiger partial charge in [0.15, 0.2) is 0 Å². The summed E-state index contributed by atoms with van der Waals surface area (Å²) in [5, 5.41) is 12.2. The molecule has 0 aromatic heterocycles. The predicted octanol–water partition coefficient (Wildman–Crippen LogP) is 1.98. The summed E-state index contributed by atoms with van der Waals surface area (Å²) in [5.41, 5.74) is -0.556. The van der Waals surface area contributed by atoms with E-state index in [2.05, 4.69) is 5.32 Å².